The minimum absolute atomic E-state index is 0.137. The minimum Gasteiger partial charge on any atom is -0.389 e. The molecule has 2 atom stereocenters. The van der Waals surface area contributed by atoms with E-state index in [4.69, 9.17) is 9.26 Å². The molecule has 0 aliphatic carbocycles. The number of aromatic nitrogens is 2. The minimum atomic E-state index is -0.521. The highest BCUT2D eigenvalue weighted by molar-refractivity contribution is 5.13. The van der Waals surface area contributed by atoms with Gasteiger partial charge in [-0.25, -0.2) is 0 Å². The largest absolute Gasteiger partial charge is 0.389 e. The molecule has 1 aliphatic heterocycles. The van der Waals surface area contributed by atoms with Crippen LogP contribution in [0.25, 0.3) is 0 Å². The summed E-state index contributed by atoms with van der Waals surface area (Å²) >= 11 is 0. The average molecular weight is 331 g/mol. The van der Waals surface area contributed by atoms with Gasteiger partial charge in [0.05, 0.1) is 25.4 Å². The molecule has 1 aromatic carbocycles. The van der Waals surface area contributed by atoms with Crippen molar-refractivity contribution in [1.82, 2.24) is 15.0 Å². The molecule has 6 nitrogen and oxygen atoms in total. The molecule has 130 valence electrons. The van der Waals surface area contributed by atoms with Crippen molar-refractivity contribution in [3.8, 4) is 0 Å². The molecule has 2 heterocycles. The number of ether oxygens (including phenoxy) is 1. The Morgan fingerprint density at radius 3 is 2.96 bits per heavy atom. The van der Waals surface area contributed by atoms with Crippen LogP contribution in [0.1, 0.15) is 43.1 Å². The van der Waals surface area contributed by atoms with Gasteiger partial charge in [0.25, 0.3) is 0 Å². The first-order valence-corrected chi connectivity index (χ1v) is 8.62. The van der Waals surface area contributed by atoms with Gasteiger partial charge in [-0.05, 0) is 24.9 Å². The van der Waals surface area contributed by atoms with E-state index in [2.05, 4.69) is 15.0 Å². The summed E-state index contributed by atoms with van der Waals surface area (Å²) in [5.74, 6) is 1.41. The molecular formula is C18H25N3O3. The monoisotopic (exact) mass is 331 g/mol. The Hall–Kier alpha value is -1.76. The lowest BCUT2D eigenvalue weighted by atomic mass is 10.2. The fourth-order valence-corrected chi connectivity index (χ4v) is 3.09. The molecule has 1 aliphatic rings. The molecule has 0 radical (unpaired) electrons. The van der Waals surface area contributed by atoms with Crippen molar-refractivity contribution in [2.45, 2.75) is 44.9 Å². The fraction of sp³-hybridized carbons (Fsp3) is 0.556. The third kappa shape index (κ3) is 4.41. The second-order valence-corrected chi connectivity index (χ2v) is 6.21. The van der Waals surface area contributed by atoms with Gasteiger partial charge in [-0.3, -0.25) is 4.90 Å². The molecule has 0 spiro atoms. The topological polar surface area (TPSA) is 71.6 Å². The molecule has 24 heavy (non-hydrogen) atoms. The molecule has 1 saturated heterocycles. The van der Waals surface area contributed by atoms with E-state index in [9.17, 15) is 5.11 Å². The number of nitrogens with zero attached hydrogens (tertiary/aromatic N) is 3. The summed E-state index contributed by atoms with van der Waals surface area (Å²) in [6, 6.07) is 10.1. The predicted octanol–water partition coefficient (Wildman–Crippen LogP) is 2.35. The highest BCUT2D eigenvalue weighted by Gasteiger charge is 2.31. The maximum atomic E-state index is 10.3. The Kier molecular flexibility index (Phi) is 5.96. The van der Waals surface area contributed by atoms with Gasteiger partial charge >= 0.3 is 0 Å². The molecule has 1 fully saturated rings. The quantitative estimate of drug-likeness (QED) is 0.800. The summed E-state index contributed by atoms with van der Waals surface area (Å²) in [7, 11) is 0. The zero-order valence-corrected chi connectivity index (χ0v) is 14.1. The molecule has 2 aromatic rings. The van der Waals surface area contributed by atoms with Crippen LogP contribution in [0.5, 0.6) is 0 Å². The van der Waals surface area contributed by atoms with Gasteiger partial charge in [-0.2, -0.15) is 4.98 Å². The molecule has 0 unspecified atom stereocenters. The molecule has 1 N–H and O–H groups in total. The van der Waals surface area contributed by atoms with E-state index in [0.717, 1.165) is 37.2 Å². The molecule has 3 rings (SSSR count). The molecule has 6 heteroatoms. The van der Waals surface area contributed by atoms with Crippen LogP contribution in [-0.4, -0.2) is 45.9 Å². The first-order chi connectivity index (χ1) is 11.8. The van der Waals surface area contributed by atoms with Crippen molar-refractivity contribution in [1.29, 1.82) is 0 Å². The van der Waals surface area contributed by atoms with Gasteiger partial charge in [-0.15, -0.1) is 0 Å². The normalized spacial score (nSPS) is 19.7. The number of rotatable bonds is 8. The molecule has 0 saturated carbocycles. The van der Waals surface area contributed by atoms with Crippen LogP contribution < -0.4 is 0 Å². The smallest absolute Gasteiger partial charge is 0.226 e. The zero-order chi connectivity index (χ0) is 16.8. The van der Waals surface area contributed by atoms with Crippen molar-refractivity contribution in [3.05, 3.63) is 47.6 Å². The van der Waals surface area contributed by atoms with Gasteiger partial charge in [0, 0.05) is 13.0 Å². The Balaban J connectivity index is 1.47. The summed E-state index contributed by atoms with van der Waals surface area (Å²) in [6.45, 7) is 4.35. The SMILES string of the molecule is CCc1nc([C@@H]2CCCN2C[C@@H](O)COCc2ccccc2)no1. The van der Waals surface area contributed by atoms with Gasteiger partial charge in [-0.1, -0.05) is 42.4 Å². The standard InChI is InChI=1S/C18H25N3O3/c1-2-17-19-18(20-24-17)16-9-6-10-21(16)11-15(22)13-23-12-14-7-4-3-5-8-14/h3-5,7-8,15-16,22H,2,6,9-13H2,1H3/t15-,16+/m1/s1. The Morgan fingerprint density at radius 1 is 1.38 bits per heavy atom. The molecule has 1 aromatic heterocycles. The van der Waals surface area contributed by atoms with Gasteiger partial charge < -0.3 is 14.4 Å². The third-order valence-electron chi connectivity index (χ3n) is 4.32. The van der Waals surface area contributed by atoms with Crippen LogP contribution in [0, 0.1) is 0 Å². The lowest BCUT2D eigenvalue weighted by Gasteiger charge is -2.24. The van der Waals surface area contributed by atoms with E-state index in [1.54, 1.807) is 0 Å². The maximum Gasteiger partial charge on any atom is 0.226 e. The number of hydrogen-bond donors (Lipinski definition) is 1. The summed E-state index contributed by atoms with van der Waals surface area (Å²) in [5.41, 5.74) is 1.11. The summed E-state index contributed by atoms with van der Waals surface area (Å²) in [6.07, 6.45) is 2.31. The third-order valence-corrected chi connectivity index (χ3v) is 4.32. The van der Waals surface area contributed by atoms with E-state index in [1.165, 1.54) is 0 Å². The first kappa shape index (κ1) is 17.1. The Labute approximate surface area is 142 Å². The molecular weight excluding hydrogens is 306 g/mol. The second-order valence-electron chi connectivity index (χ2n) is 6.21. The summed E-state index contributed by atoms with van der Waals surface area (Å²) in [5, 5.41) is 14.4. The Morgan fingerprint density at radius 2 is 2.21 bits per heavy atom. The van der Waals surface area contributed by atoms with Crippen LogP contribution in [0.4, 0.5) is 0 Å². The highest BCUT2D eigenvalue weighted by atomic mass is 16.5. The first-order valence-electron chi connectivity index (χ1n) is 8.62. The molecule has 0 bridgehead atoms. The number of aryl methyl sites for hydroxylation is 1. The van der Waals surface area contributed by atoms with E-state index in [-0.39, 0.29) is 6.04 Å². The lowest BCUT2D eigenvalue weighted by Crippen LogP contribution is -2.35. The van der Waals surface area contributed by atoms with Crippen molar-refractivity contribution >= 4 is 0 Å². The van der Waals surface area contributed by atoms with Gasteiger partial charge in [0.15, 0.2) is 5.82 Å². The number of aliphatic hydroxyl groups excluding tert-OH is 1. The zero-order valence-electron chi connectivity index (χ0n) is 14.1. The predicted molar refractivity (Wildman–Crippen MR) is 89.3 cm³/mol. The van der Waals surface area contributed by atoms with Crippen molar-refractivity contribution < 1.29 is 14.4 Å². The second kappa shape index (κ2) is 8.37. The van der Waals surface area contributed by atoms with E-state index in [0.29, 0.717) is 25.6 Å². The fourth-order valence-electron chi connectivity index (χ4n) is 3.09. The average Bonchev–Trinajstić information content (AvgIpc) is 3.24. The Bertz CT molecular complexity index is 617. The number of aliphatic hydroxyl groups is 1. The van der Waals surface area contributed by atoms with Crippen LogP contribution >= 0.6 is 0 Å². The van der Waals surface area contributed by atoms with Crippen LogP contribution in [0.2, 0.25) is 0 Å². The van der Waals surface area contributed by atoms with Crippen molar-refractivity contribution in [2.24, 2.45) is 0 Å². The van der Waals surface area contributed by atoms with Crippen molar-refractivity contribution in [3.63, 3.8) is 0 Å². The summed E-state index contributed by atoms with van der Waals surface area (Å²) in [4.78, 5) is 6.66. The van der Waals surface area contributed by atoms with Gasteiger partial charge in [0.1, 0.15) is 0 Å². The number of β-amino-alcohol motifs (C(OH)–C–C–N with tert-alkyl or cyclic N) is 1. The molecule has 0 amide bonds. The lowest BCUT2D eigenvalue weighted by molar-refractivity contribution is 0.00710. The van der Waals surface area contributed by atoms with Crippen molar-refractivity contribution in [2.75, 3.05) is 19.7 Å². The van der Waals surface area contributed by atoms with Crippen LogP contribution in [0.3, 0.4) is 0 Å². The number of likely N-dealkylation sites (tertiary alicyclic amines) is 1. The highest BCUT2D eigenvalue weighted by Crippen LogP contribution is 2.30. The summed E-state index contributed by atoms with van der Waals surface area (Å²) < 4.78 is 10.8. The van der Waals surface area contributed by atoms with E-state index in [1.807, 2.05) is 37.3 Å². The van der Waals surface area contributed by atoms with E-state index >= 15 is 0 Å². The van der Waals surface area contributed by atoms with E-state index < -0.39 is 6.10 Å². The van der Waals surface area contributed by atoms with Crippen LogP contribution in [-0.2, 0) is 17.8 Å². The number of hydrogen-bond acceptors (Lipinski definition) is 6. The maximum absolute atomic E-state index is 10.3. The van der Waals surface area contributed by atoms with Gasteiger partial charge in [0.2, 0.25) is 5.89 Å². The van der Waals surface area contributed by atoms with Crippen LogP contribution in [0.15, 0.2) is 34.9 Å². The number of benzene rings is 1.